The molecule has 8 nitrogen and oxygen atoms in total. The van der Waals surface area contributed by atoms with Crippen LogP contribution in [0.3, 0.4) is 0 Å². The third-order valence-corrected chi connectivity index (χ3v) is 7.26. The normalized spacial score (nSPS) is 17.8. The molecule has 2 aliphatic carbocycles. The van der Waals surface area contributed by atoms with Gasteiger partial charge in [-0.3, -0.25) is 4.79 Å². The van der Waals surface area contributed by atoms with Crippen LogP contribution in [0.15, 0.2) is 28.2 Å². The van der Waals surface area contributed by atoms with Crippen LogP contribution in [-0.2, 0) is 11.2 Å². The van der Waals surface area contributed by atoms with Gasteiger partial charge in [0.15, 0.2) is 0 Å². The highest BCUT2D eigenvalue weighted by Crippen LogP contribution is 2.43. The summed E-state index contributed by atoms with van der Waals surface area (Å²) in [6.45, 7) is 1.93. The summed E-state index contributed by atoms with van der Waals surface area (Å²) >= 11 is 1.68. The van der Waals surface area contributed by atoms with Gasteiger partial charge in [-0.1, -0.05) is 5.11 Å². The summed E-state index contributed by atoms with van der Waals surface area (Å²) in [5, 5.41) is 4.41. The van der Waals surface area contributed by atoms with Crippen molar-refractivity contribution in [2.45, 2.75) is 51.1 Å². The van der Waals surface area contributed by atoms with Gasteiger partial charge in [-0.25, -0.2) is 9.78 Å². The third-order valence-electron chi connectivity index (χ3n) is 6.05. The molecular formula is C22H21N5O3S. The number of carbonyl (C=O) groups excluding carboxylic acids is 1. The second-order valence-corrected chi connectivity index (χ2v) is 9.27. The molecule has 9 heteroatoms. The van der Waals surface area contributed by atoms with Crippen LogP contribution in [0.1, 0.15) is 64.1 Å². The number of nitrogens with zero attached hydrogens (tertiary/aromatic N) is 5. The van der Waals surface area contributed by atoms with Gasteiger partial charge in [0.2, 0.25) is 5.43 Å². The number of thiophene rings is 1. The summed E-state index contributed by atoms with van der Waals surface area (Å²) in [4.78, 5) is 35.3. The fourth-order valence-corrected chi connectivity index (χ4v) is 5.65. The fraction of sp³-hybridized carbons (Fsp3) is 0.409. The highest BCUT2D eigenvalue weighted by molar-refractivity contribution is 7.15. The summed E-state index contributed by atoms with van der Waals surface area (Å²) < 4.78 is 6.76. The van der Waals surface area contributed by atoms with Crippen LogP contribution in [0.4, 0.5) is 0 Å². The molecule has 0 radical (unpaired) electrons. The minimum Gasteiger partial charge on any atom is -0.465 e. The van der Waals surface area contributed by atoms with E-state index in [0.717, 1.165) is 53.8 Å². The van der Waals surface area contributed by atoms with Crippen LogP contribution in [0.2, 0.25) is 0 Å². The number of azide groups is 1. The first-order valence-electron chi connectivity index (χ1n) is 10.3. The molecule has 158 valence electrons. The number of ether oxygens (including phenoxy) is 1. The van der Waals surface area contributed by atoms with E-state index in [1.807, 2.05) is 17.6 Å². The van der Waals surface area contributed by atoms with Crippen molar-refractivity contribution < 1.29 is 9.53 Å². The van der Waals surface area contributed by atoms with Gasteiger partial charge in [0.05, 0.1) is 29.1 Å². The van der Waals surface area contributed by atoms with E-state index in [0.29, 0.717) is 11.0 Å². The Bertz CT molecular complexity index is 1330. The minimum absolute atomic E-state index is 0.0413. The molecule has 2 aliphatic rings. The fourth-order valence-electron chi connectivity index (χ4n) is 4.34. The summed E-state index contributed by atoms with van der Waals surface area (Å²) in [5.41, 5.74) is 12.0. The topological polar surface area (TPSA) is 110 Å². The van der Waals surface area contributed by atoms with E-state index in [2.05, 4.69) is 16.1 Å². The van der Waals surface area contributed by atoms with Crippen molar-refractivity contribution in [1.29, 1.82) is 0 Å². The monoisotopic (exact) mass is 435 g/mol. The van der Waals surface area contributed by atoms with E-state index in [1.165, 1.54) is 12.0 Å². The smallest absolute Gasteiger partial charge is 0.343 e. The first kappa shape index (κ1) is 19.8. The van der Waals surface area contributed by atoms with Gasteiger partial charge in [0.25, 0.3) is 0 Å². The van der Waals surface area contributed by atoms with E-state index in [4.69, 9.17) is 15.3 Å². The van der Waals surface area contributed by atoms with Crippen LogP contribution < -0.4 is 5.43 Å². The Kier molecular flexibility index (Phi) is 4.79. The average molecular weight is 436 g/mol. The van der Waals surface area contributed by atoms with Crippen molar-refractivity contribution in [1.82, 2.24) is 9.55 Å². The SMILES string of the molecule is COC(=O)c1cn(C2CC2)c2nc(-c3cc4c(s3)CCCC4N=[N+]=[N-])c(C)cc2c1=O. The van der Waals surface area contributed by atoms with E-state index < -0.39 is 5.97 Å². The number of methoxy groups -OCH3 is 1. The second-order valence-electron chi connectivity index (χ2n) is 8.13. The lowest BCUT2D eigenvalue weighted by molar-refractivity contribution is 0.0598. The van der Waals surface area contributed by atoms with E-state index in [9.17, 15) is 9.59 Å². The van der Waals surface area contributed by atoms with Gasteiger partial charge in [-0.05, 0) is 67.8 Å². The first-order chi connectivity index (χ1) is 15.0. The summed E-state index contributed by atoms with van der Waals surface area (Å²) in [6.07, 6.45) is 6.40. The molecule has 3 aromatic heterocycles. The lowest BCUT2D eigenvalue weighted by Gasteiger charge is -2.17. The van der Waals surface area contributed by atoms with Crippen LogP contribution >= 0.6 is 11.3 Å². The van der Waals surface area contributed by atoms with Crippen LogP contribution in [0.25, 0.3) is 32.0 Å². The quantitative estimate of drug-likeness (QED) is 0.241. The molecule has 0 aliphatic heterocycles. The number of aryl methyl sites for hydroxylation is 2. The van der Waals surface area contributed by atoms with Gasteiger partial charge in [0.1, 0.15) is 11.2 Å². The van der Waals surface area contributed by atoms with Gasteiger partial charge < -0.3 is 9.30 Å². The molecular weight excluding hydrogens is 414 g/mol. The molecule has 0 N–H and O–H groups in total. The van der Waals surface area contributed by atoms with Gasteiger partial charge in [0, 0.05) is 22.0 Å². The van der Waals surface area contributed by atoms with E-state index >= 15 is 0 Å². The van der Waals surface area contributed by atoms with Crippen molar-refractivity contribution in [3.63, 3.8) is 0 Å². The number of aromatic nitrogens is 2. The van der Waals surface area contributed by atoms with Gasteiger partial charge >= 0.3 is 5.97 Å². The number of pyridine rings is 2. The Morgan fingerprint density at radius 3 is 2.87 bits per heavy atom. The molecule has 3 heterocycles. The highest BCUT2D eigenvalue weighted by Gasteiger charge is 2.29. The van der Waals surface area contributed by atoms with Crippen molar-refractivity contribution >= 4 is 28.3 Å². The van der Waals surface area contributed by atoms with Crippen LogP contribution in [-0.4, -0.2) is 22.6 Å². The van der Waals surface area contributed by atoms with Crippen LogP contribution in [0, 0.1) is 6.92 Å². The maximum Gasteiger partial charge on any atom is 0.343 e. The zero-order valence-corrected chi connectivity index (χ0v) is 18.1. The number of rotatable bonds is 4. The maximum atomic E-state index is 13.0. The molecule has 0 spiro atoms. The molecule has 3 aromatic rings. The molecule has 1 atom stereocenters. The number of hydrogen-bond acceptors (Lipinski definition) is 6. The lowest BCUT2D eigenvalue weighted by Crippen LogP contribution is -2.20. The van der Waals surface area contributed by atoms with Crippen LogP contribution in [0.5, 0.6) is 0 Å². The largest absolute Gasteiger partial charge is 0.465 e. The molecule has 1 unspecified atom stereocenters. The summed E-state index contributed by atoms with van der Waals surface area (Å²) in [7, 11) is 1.28. The Balaban J connectivity index is 1.71. The van der Waals surface area contributed by atoms with E-state index in [1.54, 1.807) is 17.5 Å². The standard InChI is InChI=1S/C22H21N5O3S/c1-11-8-14-20(28)15(22(29)30-2)10-27(12-6-7-12)21(14)24-19(11)18-9-13-16(25-26-23)4-3-5-17(13)31-18/h8-10,12,16H,3-7H2,1-2H3. The molecule has 1 saturated carbocycles. The zero-order valence-electron chi connectivity index (χ0n) is 17.3. The average Bonchev–Trinajstić information content (AvgIpc) is 3.52. The first-order valence-corrected chi connectivity index (χ1v) is 11.2. The third kappa shape index (κ3) is 3.30. The molecule has 5 rings (SSSR count). The number of hydrogen-bond donors (Lipinski definition) is 0. The minimum atomic E-state index is -0.627. The Hall–Kier alpha value is -3.16. The molecule has 0 amide bonds. The number of esters is 1. The van der Waals surface area contributed by atoms with Crippen molar-refractivity contribution in [2.75, 3.05) is 7.11 Å². The zero-order chi connectivity index (χ0) is 21.7. The molecule has 0 aromatic carbocycles. The van der Waals surface area contributed by atoms with Crippen molar-refractivity contribution in [2.24, 2.45) is 5.11 Å². The van der Waals surface area contributed by atoms with Gasteiger partial charge in [-0.2, -0.15) is 0 Å². The number of fused-ring (bicyclic) bond motifs is 2. The van der Waals surface area contributed by atoms with Crippen molar-refractivity contribution in [3.8, 4) is 10.6 Å². The Morgan fingerprint density at radius 1 is 1.35 bits per heavy atom. The molecule has 31 heavy (non-hydrogen) atoms. The highest BCUT2D eigenvalue weighted by atomic mass is 32.1. The second kappa shape index (κ2) is 7.51. The summed E-state index contributed by atoms with van der Waals surface area (Å²) in [5.74, 6) is -0.627. The molecule has 1 fully saturated rings. The maximum absolute atomic E-state index is 13.0. The lowest BCUT2D eigenvalue weighted by atomic mass is 9.94. The Labute approximate surface area is 182 Å². The van der Waals surface area contributed by atoms with Gasteiger partial charge in [-0.15, -0.1) is 11.3 Å². The van der Waals surface area contributed by atoms with E-state index in [-0.39, 0.29) is 23.1 Å². The van der Waals surface area contributed by atoms with Crippen molar-refractivity contribution in [3.05, 3.63) is 60.6 Å². The molecule has 0 bridgehead atoms. The predicted octanol–water partition coefficient (Wildman–Crippen LogP) is 5.24. The number of carbonyl (C=O) groups is 1. The summed E-state index contributed by atoms with van der Waals surface area (Å²) in [6, 6.07) is 4.02. The Morgan fingerprint density at radius 2 is 2.16 bits per heavy atom. The molecule has 0 saturated heterocycles. The predicted molar refractivity (Wildman–Crippen MR) is 118 cm³/mol.